The Labute approximate surface area is 166 Å². The summed E-state index contributed by atoms with van der Waals surface area (Å²) in [5, 5.41) is 7.49. The van der Waals surface area contributed by atoms with Crippen LogP contribution in [0.25, 0.3) is 38.8 Å². The van der Waals surface area contributed by atoms with Gasteiger partial charge < -0.3 is 0 Å². The molecule has 0 saturated carbocycles. The molecule has 0 fully saturated rings. The van der Waals surface area contributed by atoms with Gasteiger partial charge in [-0.3, -0.25) is 0 Å². The van der Waals surface area contributed by atoms with Crippen molar-refractivity contribution in [1.29, 1.82) is 0 Å². The molecule has 0 N–H and O–H groups in total. The van der Waals surface area contributed by atoms with Crippen LogP contribution in [0.1, 0.15) is 5.56 Å². The molecule has 0 aliphatic heterocycles. The molecule has 3 heteroatoms. The van der Waals surface area contributed by atoms with Crippen LogP contribution in [0.3, 0.4) is 0 Å². The van der Waals surface area contributed by atoms with Gasteiger partial charge in [-0.1, -0.05) is 82.7 Å². The summed E-state index contributed by atoms with van der Waals surface area (Å²) in [5.41, 5.74) is 6.80. The van der Waals surface area contributed by atoms with E-state index in [0.29, 0.717) is 0 Å². The minimum Gasteiger partial charge on any atom is -0.232 e. The zero-order valence-electron chi connectivity index (χ0n) is 14.9. The van der Waals surface area contributed by atoms with Gasteiger partial charge in [0.15, 0.2) is 0 Å². The molecule has 0 amide bonds. The molecule has 0 atom stereocenters. The Balaban J connectivity index is 1.91. The van der Waals surface area contributed by atoms with Gasteiger partial charge in [-0.05, 0) is 30.5 Å². The van der Waals surface area contributed by atoms with Gasteiger partial charge in [0.1, 0.15) is 0 Å². The maximum atomic E-state index is 5.04. The van der Waals surface area contributed by atoms with E-state index >= 15 is 0 Å². The number of aryl methyl sites for hydroxylation is 1. The average Bonchev–Trinajstić information content (AvgIpc) is 3.06. The Morgan fingerprint density at radius 1 is 0.778 bits per heavy atom. The summed E-state index contributed by atoms with van der Waals surface area (Å²) in [6.45, 7) is 2.17. The lowest BCUT2D eigenvalue weighted by Crippen LogP contribution is -1.95. The first-order valence-electron chi connectivity index (χ1n) is 8.95. The van der Waals surface area contributed by atoms with Crippen LogP contribution in [0.15, 0.2) is 89.4 Å². The Morgan fingerprint density at radius 3 is 2.26 bits per heavy atom. The lowest BCUT2D eigenvalue weighted by molar-refractivity contribution is 0.979. The van der Waals surface area contributed by atoms with Crippen LogP contribution < -0.4 is 0 Å². The summed E-state index contributed by atoms with van der Waals surface area (Å²) in [5.74, 6) is 0. The second kappa shape index (κ2) is 6.36. The molecule has 27 heavy (non-hydrogen) atoms. The highest BCUT2D eigenvalue weighted by Crippen LogP contribution is 2.34. The maximum absolute atomic E-state index is 5.04. The van der Waals surface area contributed by atoms with Crippen molar-refractivity contribution < 1.29 is 0 Å². The van der Waals surface area contributed by atoms with E-state index in [-0.39, 0.29) is 0 Å². The highest BCUT2D eigenvalue weighted by atomic mass is 79.9. The van der Waals surface area contributed by atoms with Gasteiger partial charge >= 0.3 is 0 Å². The Kier molecular flexibility index (Phi) is 3.83. The number of nitrogens with zero attached hydrogens (tertiary/aromatic N) is 2. The van der Waals surface area contributed by atoms with E-state index in [4.69, 9.17) is 5.10 Å². The minimum absolute atomic E-state index is 1.03. The van der Waals surface area contributed by atoms with Gasteiger partial charge in [-0.15, -0.1) is 0 Å². The third-order valence-corrected chi connectivity index (χ3v) is 5.57. The first kappa shape index (κ1) is 16.3. The molecule has 2 heterocycles. The standard InChI is InChI=1S/C24H17BrN2/c1-16-23(18-7-3-2-4-8-18)26-27-22(17-11-13-20(25)14-12-17)15-19-9-5-6-10-21(19)24(16)27/h2-15H,1H3. The summed E-state index contributed by atoms with van der Waals surface area (Å²) in [6, 6.07) is 29.6. The Bertz CT molecular complexity index is 1270. The Hall–Kier alpha value is -2.91. The van der Waals surface area contributed by atoms with Crippen LogP contribution >= 0.6 is 15.9 Å². The first-order chi connectivity index (χ1) is 13.2. The number of rotatable bonds is 2. The number of hydrogen-bond acceptors (Lipinski definition) is 1. The molecule has 0 saturated heterocycles. The first-order valence-corrected chi connectivity index (χ1v) is 9.74. The molecule has 0 radical (unpaired) electrons. The molecule has 5 aromatic rings. The van der Waals surface area contributed by atoms with E-state index in [1.54, 1.807) is 0 Å². The quantitative estimate of drug-likeness (QED) is 0.308. The van der Waals surface area contributed by atoms with E-state index in [1.165, 1.54) is 21.9 Å². The summed E-state index contributed by atoms with van der Waals surface area (Å²) in [4.78, 5) is 0. The molecule has 0 aliphatic carbocycles. The number of aromatic nitrogens is 2. The lowest BCUT2D eigenvalue weighted by Gasteiger charge is -2.09. The van der Waals surface area contributed by atoms with Crippen LogP contribution in [-0.4, -0.2) is 9.61 Å². The van der Waals surface area contributed by atoms with E-state index in [0.717, 1.165) is 27.0 Å². The number of pyridine rings is 1. The molecule has 130 valence electrons. The van der Waals surface area contributed by atoms with Crippen molar-refractivity contribution in [1.82, 2.24) is 9.61 Å². The van der Waals surface area contributed by atoms with Crippen molar-refractivity contribution in [2.75, 3.05) is 0 Å². The van der Waals surface area contributed by atoms with Crippen LogP contribution in [0.2, 0.25) is 0 Å². The molecular weight excluding hydrogens is 396 g/mol. The van der Waals surface area contributed by atoms with Crippen molar-refractivity contribution in [2.45, 2.75) is 6.92 Å². The van der Waals surface area contributed by atoms with Gasteiger partial charge in [0.2, 0.25) is 0 Å². The molecule has 0 bridgehead atoms. The fourth-order valence-electron chi connectivity index (χ4n) is 3.73. The molecule has 2 nitrogen and oxygen atoms in total. The number of fused-ring (bicyclic) bond motifs is 3. The molecule has 0 unspecified atom stereocenters. The normalized spacial score (nSPS) is 11.3. The smallest absolute Gasteiger partial charge is 0.0963 e. The summed E-state index contributed by atoms with van der Waals surface area (Å²) < 4.78 is 3.17. The van der Waals surface area contributed by atoms with Crippen molar-refractivity contribution >= 4 is 32.2 Å². The predicted octanol–water partition coefficient (Wildman–Crippen LogP) is 6.89. The monoisotopic (exact) mass is 412 g/mol. The van der Waals surface area contributed by atoms with Gasteiger partial charge in [0.05, 0.1) is 16.9 Å². The third-order valence-electron chi connectivity index (χ3n) is 5.05. The molecule has 3 aromatic carbocycles. The molecular formula is C24H17BrN2. The van der Waals surface area contributed by atoms with E-state index in [2.05, 4.69) is 106 Å². The summed E-state index contributed by atoms with van der Waals surface area (Å²) in [7, 11) is 0. The zero-order chi connectivity index (χ0) is 18.4. The lowest BCUT2D eigenvalue weighted by atomic mass is 10.0. The molecule has 2 aromatic heterocycles. The second-order valence-corrected chi connectivity index (χ2v) is 7.64. The fourth-order valence-corrected chi connectivity index (χ4v) is 3.99. The van der Waals surface area contributed by atoms with Crippen molar-refractivity contribution in [3.63, 3.8) is 0 Å². The summed E-state index contributed by atoms with van der Waals surface area (Å²) in [6.07, 6.45) is 0. The highest BCUT2D eigenvalue weighted by Gasteiger charge is 2.17. The van der Waals surface area contributed by atoms with E-state index in [9.17, 15) is 0 Å². The minimum atomic E-state index is 1.03. The maximum Gasteiger partial charge on any atom is 0.0963 e. The van der Waals surface area contributed by atoms with Crippen LogP contribution in [-0.2, 0) is 0 Å². The van der Waals surface area contributed by atoms with Gasteiger partial charge in [0.25, 0.3) is 0 Å². The predicted molar refractivity (Wildman–Crippen MR) is 116 cm³/mol. The number of hydrogen-bond donors (Lipinski definition) is 0. The van der Waals surface area contributed by atoms with Gasteiger partial charge in [-0.2, -0.15) is 5.10 Å². The summed E-state index contributed by atoms with van der Waals surface area (Å²) >= 11 is 3.53. The third kappa shape index (κ3) is 2.66. The van der Waals surface area contributed by atoms with Crippen LogP contribution in [0.5, 0.6) is 0 Å². The average molecular weight is 413 g/mol. The highest BCUT2D eigenvalue weighted by molar-refractivity contribution is 9.10. The van der Waals surface area contributed by atoms with Crippen LogP contribution in [0.4, 0.5) is 0 Å². The number of benzene rings is 3. The zero-order valence-corrected chi connectivity index (χ0v) is 16.4. The van der Waals surface area contributed by atoms with E-state index < -0.39 is 0 Å². The van der Waals surface area contributed by atoms with E-state index in [1.807, 2.05) is 6.07 Å². The van der Waals surface area contributed by atoms with Crippen molar-refractivity contribution in [2.24, 2.45) is 0 Å². The fraction of sp³-hybridized carbons (Fsp3) is 0.0417. The van der Waals surface area contributed by atoms with Gasteiger partial charge in [0, 0.05) is 26.5 Å². The number of halogens is 1. The van der Waals surface area contributed by atoms with Crippen molar-refractivity contribution in [3.8, 4) is 22.5 Å². The molecule has 0 spiro atoms. The largest absolute Gasteiger partial charge is 0.232 e. The molecule has 0 aliphatic rings. The van der Waals surface area contributed by atoms with Crippen molar-refractivity contribution in [3.05, 3.63) is 95.0 Å². The Morgan fingerprint density at radius 2 is 1.48 bits per heavy atom. The topological polar surface area (TPSA) is 17.3 Å². The second-order valence-electron chi connectivity index (χ2n) is 6.72. The van der Waals surface area contributed by atoms with Crippen LogP contribution in [0, 0.1) is 6.92 Å². The van der Waals surface area contributed by atoms with Gasteiger partial charge in [-0.25, -0.2) is 4.52 Å². The molecule has 5 rings (SSSR count). The SMILES string of the molecule is Cc1c(-c2ccccc2)nn2c(-c3ccc(Br)cc3)cc3ccccc3c12.